The van der Waals surface area contributed by atoms with Gasteiger partial charge in [-0.1, -0.05) is 55.4 Å². The van der Waals surface area contributed by atoms with E-state index in [9.17, 15) is 22.8 Å². The summed E-state index contributed by atoms with van der Waals surface area (Å²) >= 11 is 1.23. The monoisotopic (exact) mass is 620 g/mol. The number of anilines is 2. The van der Waals surface area contributed by atoms with Crippen molar-refractivity contribution in [3.8, 4) is 11.4 Å². The topological polar surface area (TPSA) is 102 Å². The van der Waals surface area contributed by atoms with Crippen LogP contribution in [0.4, 0.5) is 29.3 Å². The first-order valence-electron chi connectivity index (χ1n) is 13.6. The van der Waals surface area contributed by atoms with Crippen molar-refractivity contribution < 1.29 is 27.5 Å². The molecule has 1 N–H and O–H groups in total. The molecule has 3 aromatic carbocycles. The maximum Gasteiger partial charge on any atom is 0.573 e. The van der Waals surface area contributed by atoms with Crippen molar-refractivity contribution in [2.75, 3.05) is 16.0 Å². The summed E-state index contributed by atoms with van der Waals surface area (Å²) in [5.41, 5.74) is 4.66. The van der Waals surface area contributed by atoms with Crippen LogP contribution in [0.1, 0.15) is 35.9 Å². The lowest BCUT2D eigenvalue weighted by molar-refractivity contribution is -0.274. The molecule has 0 bridgehead atoms. The van der Waals surface area contributed by atoms with E-state index in [1.54, 1.807) is 36.4 Å². The van der Waals surface area contributed by atoms with Crippen LogP contribution in [0.5, 0.6) is 5.75 Å². The first-order valence-corrected chi connectivity index (χ1v) is 14.6. The Kier molecular flexibility index (Phi) is 9.14. The fourth-order valence-electron chi connectivity index (χ4n) is 4.41. The highest BCUT2D eigenvalue weighted by Crippen LogP contribution is 2.31. The number of nitrogens with zero attached hydrogens (tertiary/aromatic N) is 5. The molecule has 4 aromatic rings. The summed E-state index contributed by atoms with van der Waals surface area (Å²) in [5, 5.41) is 7.40. The Bertz CT molecular complexity index is 1720. The molecule has 13 heteroatoms. The van der Waals surface area contributed by atoms with Crippen molar-refractivity contribution in [1.82, 2.24) is 14.8 Å². The third kappa shape index (κ3) is 7.72. The van der Waals surface area contributed by atoms with Gasteiger partial charge in [0.05, 0.1) is 17.1 Å². The number of ether oxygens (including phenoxy) is 1. The first kappa shape index (κ1) is 30.5. The second kappa shape index (κ2) is 13.2. The number of amides is 3. The van der Waals surface area contributed by atoms with E-state index in [2.05, 4.69) is 32.1 Å². The van der Waals surface area contributed by atoms with Crippen LogP contribution >= 0.6 is 11.8 Å². The molecule has 9 nitrogen and oxygen atoms in total. The predicted octanol–water partition coefficient (Wildman–Crippen LogP) is 7.27. The molecule has 0 radical (unpaired) electrons. The van der Waals surface area contributed by atoms with Crippen LogP contribution in [-0.2, 0) is 11.2 Å². The number of halogens is 3. The molecule has 5 rings (SSSR count). The molecule has 226 valence electrons. The van der Waals surface area contributed by atoms with Gasteiger partial charge in [0.2, 0.25) is 5.91 Å². The number of hydrogen-bond donors (Lipinski definition) is 1. The number of carbonyl (C=O) groups is 2. The van der Waals surface area contributed by atoms with Gasteiger partial charge in [-0.3, -0.25) is 9.69 Å². The Labute approximate surface area is 255 Å². The zero-order valence-electron chi connectivity index (χ0n) is 23.7. The van der Waals surface area contributed by atoms with Crippen LogP contribution in [0.25, 0.3) is 17.8 Å². The van der Waals surface area contributed by atoms with Gasteiger partial charge in [-0.2, -0.15) is 4.99 Å². The Morgan fingerprint density at radius 2 is 1.84 bits per heavy atom. The van der Waals surface area contributed by atoms with Crippen molar-refractivity contribution in [3.63, 3.8) is 0 Å². The molecule has 0 saturated carbocycles. The summed E-state index contributed by atoms with van der Waals surface area (Å²) in [5.74, 6) is 0.153. The number of hydrogen-bond acceptors (Lipinski definition) is 6. The number of rotatable bonds is 8. The summed E-state index contributed by atoms with van der Waals surface area (Å²) in [6.07, 6.45) is 1.87. The highest BCUT2D eigenvalue weighted by molar-refractivity contribution is 8.15. The Balaban J connectivity index is 1.21. The molecule has 3 amide bonds. The standard InChI is InChI=1S/C31H27F3N6O3S/c1-3-4-22-9-5-20(2)17-26(22)40-28(41)18-44-30(40)37-29(42)36-23-10-6-21(7-11-23)8-16-27-35-19-39(38-27)24-12-14-25(15-13-24)43-31(32,33)34/h5-17,19H,3-4,18H2,1-2H3,(H,36,42). The number of amidine groups is 1. The maximum absolute atomic E-state index is 12.8. The van der Waals surface area contributed by atoms with E-state index < -0.39 is 12.4 Å². The number of aryl methyl sites for hydroxylation is 2. The molecule has 1 aromatic heterocycles. The average molecular weight is 621 g/mol. The number of aromatic nitrogens is 3. The minimum atomic E-state index is -4.76. The molecule has 0 unspecified atom stereocenters. The number of aliphatic imine (C=N–C) groups is 1. The van der Waals surface area contributed by atoms with Crippen molar-refractivity contribution in [2.45, 2.75) is 33.1 Å². The lowest BCUT2D eigenvalue weighted by Gasteiger charge is -2.20. The summed E-state index contributed by atoms with van der Waals surface area (Å²) in [4.78, 5) is 35.5. The third-order valence-electron chi connectivity index (χ3n) is 6.39. The highest BCUT2D eigenvalue weighted by Gasteiger charge is 2.32. The maximum atomic E-state index is 12.8. The molecular formula is C31H27F3N6O3S. The van der Waals surface area contributed by atoms with Crippen molar-refractivity contribution in [1.29, 1.82) is 0 Å². The van der Waals surface area contributed by atoms with Crippen LogP contribution in [0, 0.1) is 6.92 Å². The van der Waals surface area contributed by atoms with E-state index >= 15 is 0 Å². The summed E-state index contributed by atoms with van der Waals surface area (Å²) < 4.78 is 42.4. The Morgan fingerprint density at radius 1 is 1.09 bits per heavy atom. The van der Waals surface area contributed by atoms with Crippen molar-refractivity contribution in [3.05, 3.63) is 95.6 Å². The van der Waals surface area contributed by atoms with Crippen LogP contribution in [0.3, 0.4) is 0 Å². The Morgan fingerprint density at radius 3 is 2.55 bits per heavy atom. The van der Waals surface area contributed by atoms with Gasteiger partial charge in [0.1, 0.15) is 12.1 Å². The third-order valence-corrected chi connectivity index (χ3v) is 7.32. The van der Waals surface area contributed by atoms with Crippen LogP contribution in [0.2, 0.25) is 0 Å². The van der Waals surface area contributed by atoms with Gasteiger partial charge in [0, 0.05) is 5.69 Å². The Hall–Kier alpha value is -4.91. The fraction of sp³-hybridized carbons (Fsp3) is 0.194. The number of benzene rings is 3. The van der Waals surface area contributed by atoms with E-state index in [1.807, 2.05) is 25.1 Å². The lowest BCUT2D eigenvalue weighted by atomic mass is 10.0. The summed E-state index contributed by atoms with van der Waals surface area (Å²) in [7, 11) is 0. The van der Waals surface area contributed by atoms with E-state index in [0.29, 0.717) is 22.4 Å². The second-order valence-corrected chi connectivity index (χ2v) is 10.7. The average Bonchev–Trinajstić information content (AvgIpc) is 3.60. The molecular weight excluding hydrogens is 593 g/mol. The summed E-state index contributed by atoms with van der Waals surface area (Å²) in [6.45, 7) is 4.03. The van der Waals surface area contributed by atoms with Crippen LogP contribution in [-0.4, -0.2) is 44.0 Å². The molecule has 0 aliphatic carbocycles. The number of carbonyl (C=O) groups excluding carboxylic acids is 2. The fourth-order valence-corrected chi connectivity index (χ4v) is 5.27. The van der Waals surface area contributed by atoms with Gasteiger partial charge in [-0.25, -0.2) is 14.5 Å². The zero-order chi connectivity index (χ0) is 31.3. The smallest absolute Gasteiger partial charge is 0.406 e. The molecule has 1 fully saturated rings. The van der Waals surface area contributed by atoms with Crippen molar-refractivity contribution >= 4 is 52.4 Å². The van der Waals surface area contributed by atoms with Crippen LogP contribution in [0.15, 0.2) is 78.0 Å². The summed E-state index contributed by atoms with van der Waals surface area (Å²) in [6, 6.07) is 17.7. The number of urea groups is 1. The largest absolute Gasteiger partial charge is 0.573 e. The predicted molar refractivity (Wildman–Crippen MR) is 165 cm³/mol. The van der Waals surface area contributed by atoms with E-state index in [-0.39, 0.29) is 17.4 Å². The SMILES string of the molecule is CCCc1ccc(C)cc1N1C(=O)CSC1=NC(=O)Nc1ccc(C=Cc2ncn(-c3ccc(OC(F)(F)F)cc3)n2)cc1. The van der Waals surface area contributed by atoms with E-state index in [4.69, 9.17) is 0 Å². The number of nitrogens with one attached hydrogen (secondary N) is 1. The normalized spacial score (nSPS) is 14.5. The quantitative estimate of drug-likeness (QED) is 0.222. The molecule has 1 aliphatic rings. The molecule has 1 saturated heterocycles. The van der Waals surface area contributed by atoms with Gasteiger partial charge in [0.15, 0.2) is 11.0 Å². The highest BCUT2D eigenvalue weighted by atomic mass is 32.2. The van der Waals surface area contributed by atoms with E-state index in [1.165, 1.54) is 51.9 Å². The zero-order valence-corrected chi connectivity index (χ0v) is 24.5. The van der Waals surface area contributed by atoms with Gasteiger partial charge in [0.25, 0.3) is 0 Å². The second-order valence-electron chi connectivity index (χ2n) is 9.77. The molecule has 0 atom stereocenters. The van der Waals surface area contributed by atoms with Gasteiger partial charge in [-0.15, -0.1) is 18.3 Å². The first-order chi connectivity index (χ1) is 21.1. The minimum Gasteiger partial charge on any atom is -0.406 e. The molecule has 0 spiro atoms. The lowest BCUT2D eigenvalue weighted by Crippen LogP contribution is -2.31. The van der Waals surface area contributed by atoms with E-state index in [0.717, 1.165) is 35.2 Å². The van der Waals surface area contributed by atoms with Gasteiger partial charge < -0.3 is 10.1 Å². The van der Waals surface area contributed by atoms with Gasteiger partial charge >= 0.3 is 12.4 Å². The number of thioether (sulfide) groups is 1. The van der Waals surface area contributed by atoms with Crippen molar-refractivity contribution in [2.24, 2.45) is 4.99 Å². The van der Waals surface area contributed by atoms with Crippen LogP contribution < -0.4 is 15.0 Å². The molecule has 44 heavy (non-hydrogen) atoms. The minimum absolute atomic E-state index is 0.117. The molecule has 1 aliphatic heterocycles. The molecule has 2 heterocycles. The number of alkyl halides is 3. The van der Waals surface area contributed by atoms with Gasteiger partial charge in [-0.05, 0) is 78.6 Å².